The number of nitrogens with zero attached hydrogens (tertiary/aromatic N) is 1. The van der Waals surface area contributed by atoms with Gasteiger partial charge in [-0.15, -0.1) is 0 Å². The normalized spacial score (nSPS) is 11.7. The van der Waals surface area contributed by atoms with Crippen molar-refractivity contribution in [2.75, 3.05) is 18.5 Å². The molecule has 0 heterocycles. The quantitative estimate of drug-likeness (QED) is 0.771. The predicted molar refractivity (Wildman–Crippen MR) is 85.1 cm³/mol. The van der Waals surface area contributed by atoms with Crippen LogP contribution in [0.25, 0.3) is 0 Å². The molecule has 0 fully saturated rings. The van der Waals surface area contributed by atoms with E-state index in [0.717, 1.165) is 11.8 Å². The monoisotopic (exact) mass is 303 g/mol. The molecule has 0 spiro atoms. The van der Waals surface area contributed by atoms with E-state index in [-0.39, 0.29) is 0 Å². The van der Waals surface area contributed by atoms with E-state index >= 15 is 0 Å². The number of aldehydes is 1. The van der Waals surface area contributed by atoms with Crippen LogP contribution in [-0.2, 0) is 16.7 Å². The SMILES string of the molecule is COc1ccc(N(C)S(=O)Cc2ccccc2)cc1C=O. The molecule has 0 bridgehead atoms. The first-order valence-electron chi connectivity index (χ1n) is 6.45. The highest BCUT2D eigenvalue weighted by atomic mass is 32.2. The molecule has 2 aromatic rings. The van der Waals surface area contributed by atoms with Crippen molar-refractivity contribution in [2.24, 2.45) is 0 Å². The second-order valence-electron chi connectivity index (χ2n) is 4.49. The third kappa shape index (κ3) is 3.70. The first-order valence-corrected chi connectivity index (χ1v) is 7.72. The van der Waals surface area contributed by atoms with E-state index in [1.165, 1.54) is 7.11 Å². The topological polar surface area (TPSA) is 46.6 Å². The summed E-state index contributed by atoms with van der Waals surface area (Å²) in [6.45, 7) is 0. The van der Waals surface area contributed by atoms with Gasteiger partial charge in [-0.3, -0.25) is 9.10 Å². The minimum Gasteiger partial charge on any atom is -0.496 e. The van der Waals surface area contributed by atoms with Gasteiger partial charge < -0.3 is 4.74 Å². The average molecular weight is 303 g/mol. The Morgan fingerprint density at radius 3 is 2.52 bits per heavy atom. The van der Waals surface area contributed by atoms with E-state index in [0.29, 0.717) is 22.8 Å². The summed E-state index contributed by atoms with van der Waals surface area (Å²) in [5.74, 6) is 0.941. The lowest BCUT2D eigenvalue weighted by Crippen LogP contribution is -2.21. The zero-order valence-corrected chi connectivity index (χ0v) is 12.8. The van der Waals surface area contributed by atoms with Crippen molar-refractivity contribution >= 4 is 23.0 Å². The molecule has 2 rings (SSSR count). The van der Waals surface area contributed by atoms with E-state index in [1.807, 2.05) is 30.3 Å². The number of carbonyl (C=O) groups excluding carboxylic acids is 1. The standard InChI is InChI=1S/C16H17NO3S/c1-17(21(19)12-13-6-4-3-5-7-13)15-8-9-16(20-2)14(10-15)11-18/h3-11H,12H2,1-2H3. The van der Waals surface area contributed by atoms with Crippen LogP contribution in [0.4, 0.5) is 5.69 Å². The molecule has 0 aliphatic heterocycles. The molecule has 0 radical (unpaired) electrons. The van der Waals surface area contributed by atoms with Crippen molar-refractivity contribution in [3.05, 3.63) is 59.7 Å². The number of ether oxygens (including phenoxy) is 1. The molecule has 0 aliphatic rings. The number of hydrogen-bond donors (Lipinski definition) is 0. The van der Waals surface area contributed by atoms with Crippen LogP contribution in [0, 0.1) is 0 Å². The molecular weight excluding hydrogens is 286 g/mol. The highest BCUT2D eigenvalue weighted by Gasteiger charge is 2.12. The molecule has 1 atom stereocenters. The second kappa shape index (κ2) is 7.04. The van der Waals surface area contributed by atoms with Crippen molar-refractivity contribution in [3.8, 4) is 5.75 Å². The Hall–Kier alpha value is -2.14. The van der Waals surface area contributed by atoms with Crippen molar-refractivity contribution in [3.63, 3.8) is 0 Å². The van der Waals surface area contributed by atoms with Gasteiger partial charge in [0.25, 0.3) is 0 Å². The molecule has 4 nitrogen and oxygen atoms in total. The third-order valence-corrected chi connectivity index (χ3v) is 4.54. The third-order valence-electron chi connectivity index (χ3n) is 3.14. The van der Waals surface area contributed by atoms with Gasteiger partial charge in [0.1, 0.15) is 16.7 Å². The van der Waals surface area contributed by atoms with Gasteiger partial charge in [0, 0.05) is 12.7 Å². The summed E-state index contributed by atoms with van der Waals surface area (Å²) < 4.78 is 19.1. The fraction of sp³-hybridized carbons (Fsp3) is 0.188. The number of anilines is 1. The summed E-state index contributed by atoms with van der Waals surface area (Å²) in [7, 11) is 2.05. The maximum atomic E-state index is 12.4. The Bertz CT molecular complexity index is 643. The number of hydrogen-bond acceptors (Lipinski definition) is 3. The maximum absolute atomic E-state index is 12.4. The summed E-state index contributed by atoms with van der Waals surface area (Å²) in [4.78, 5) is 11.0. The molecule has 0 saturated heterocycles. The van der Waals surface area contributed by atoms with Gasteiger partial charge in [0.05, 0.1) is 18.4 Å². The summed E-state index contributed by atoms with van der Waals surface area (Å²) in [5, 5.41) is 0. The molecule has 0 saturated carbocycles. The van der Waals surface area contributed by atoms with Crippen molar-refractivity contribution in [1.82, 2.24) is 0 Å². The number of methoxy groups -OCH3 is 1. The highest BCUT2D eigenvalue weighted by Crippen LogP contribution is 2.24. The second-order valence-corrected chi connectivity index (χ2v) is 5.97. The Balaban J connectivity index is 2.17. The lowest BCUT2D eigenvalue weighted by atomic mass is 10.2. The highest BCUT2D eigenvalue weighted by molar-refractivity contribution is 7.85. The smallest absolute Gasteiger partial charge is 0.153 e. The van der Waals surface area contributed by atoms with Gasteiger partial charge in [-0.05, 0) is 23.8 Å². The van der Waals surface area contributed by atoms with Gasteiger partial charge in [-0.25, -0.2) is 4.21 Å². The Labute approximate surface area is 126 Å². The van der Waals surface area contributed by atoms with Crippen LogP contribution < -0.4 is 9.04 Å². The molecule has 0 aromatic heterocycles. The van der Waals surface area contributed by atoms with E-state index in [4.69, 9.17) is 4.74 Å². The fourth-order valence-electron chi connectivity index (χ4n) is 1.94. The maximum Gasteiger partial charge on any atom is 0.153 e. The molecule has 0 amide bonds. The summed E-state index contributed by atoms with van der Waals surface area (Å²) in [6.07, 6.45) is 0.732. The Morgan fingerprint density at radius 2 is 1.90 bits per heavy atom. The fourth-order valence-corrected chi connectivity index (χ4v) is 2.96. The number of rotatable bonds is 6. The van der Waals surface area contributed by atoms with Crippen LogP contribution in [0.2, 0.25) is 0 Å². The van der Waals surface area contributed by atoms with Crippen molar-refractivity contribution in [1.29, 1.82) is 0 Å². The van der Waals surface area contributed by atoms with E-state index in [1.54, 1.807) is 29.6 Å². The molecule has 2 aromatic carbocycles. The zero-order chi connectivity index (χ0) is 15.2. The molecule has 0 aliphatic carbocycles. The molecule has 0 N–H and O–H groups in total. The number of carbonyl (C=O) groups is 1. The van der Waals surface area contributed by atoms with Crippen molar-refractivity contribution in [2.45, 2.75) is 5.75 Å². The van der Waals surface area contributed by atoms with Gasteiger partial charge >= 0.3 is 0 Å². The van der Waals surface area contributed by atoms with Crippen LogP contribution in [0.3, 0.4) is 0 Å². The summed E-state index contributed by atoms with van der Waals surface area (Å²) in [6, 6.07) is 14.8. The zero-order valence-electron chi connectivity index (χ0n) is 12.0. The first-order chi connectivity index (χ1) is 10.2. The van der Waals surface area contributed by atoms with Crippen LogP contribution in [0.15, 0.2) is 48.5 Å². The first kappa shape index (κ1) is 15.3. The Morgan fingerprint density at radius 1 is 1.19 bits per heavy atom. The molecule has 21 heavy (non-hydrogen) atoms. The average Bonchev–Trinajstić information content (AvgIpc) is 2.54. The largest absolute Gasteiger partial charge is 0.496 e. The molecule has 1 unspecified atom stereocenters. The van der Waals surface area contributed by atoms with Gasteiger partial charge in [-0.1, -0.05) is 30.3 Å². The van der Waals surface area contributed by atoms with E-state index < -0.39 is 11.0 Å². The lowest BCUT2D eigenvalue weighted by Gasteiger charge is -2.19. The molecular formula is C16H17NO3S. The van der Waals surface area contributed by atoms with Crippen LogP contribution in [-0.4, -0.2) is 24.7 Å². The summed E-state index contributed by atoms with van der Waals surface area (Å²) in [5.41, 5.74) is 2.16. The van der Waals surface area contributed by atoms with Crippen LogP contribution in [0.1, 0.15) is 15.9 Å². The summed E-state index contributed by atoms with van der Waals surface area (Å²) >= 11 is 0. The van der Waals surface area contributed by atoms with Gasteiger partial charge in [-0.2, -0.15) is 0 Å². The molecule has 5 heteroatoms. The van der Waals surface area contributed by atoms with Gasteiger partial charge in [0.15, 0.2) is 6.29 Å². The van der Waals surface area contributed by atoms with Gasteiger partial charge in [0.2, 0.25) is 0 Å². The molecule has 110 valence electrons. The lowest BCUT2D eigenvalue weighted by molar-refractivity contribution is 0.112. The minimum atomic E-state index is -1.21. The number of benzene rings is 2. The predicted octanol–water partition coefficient (Wildman–Crippen LogP) is 2.81. The van der Waals surface area contributed by atoms with E-state index in [2.05, 4.69) is 0 Å². The van der Waals surface area contributed by atoms with Crippen molar-refractivity contribution < 1.29 is 13.7 Å². The Kier molecular flexibility index (Phi) is 5.11. The minimum absolute atomic E-state index is 0.430. The van der Waals surface area contributed by atoms with E-state index in [9.17, 15) is 9.00 Å². The van der Waals surface area contributed by atoms with Crippen LogP contribution in [0.5, 0.6) is 5.75 Å². The van der Waals surface area contributed by atoms with Crippen LogP contribution >= 0.6 is 0 Å².